The van der Waals surface area contributed by atoms with E-state index in [0.29, 0.717) is 22.4 Å². The molecule has 0 aliphatic rings. The van der Waals surface area contributed by atoms with Crippen molar-refractivity contribution in [3.05, 3.63) is 44.2 Å². The molecule has 0 aliphatic heterocycles. The molecule has 0 amide bonds. The first-order valence-electron chi connectivity index (χ1n) is 4.42. The van der Waals surface area contributed by atoms with Crippen LogP contribution in [0.2, 0.25) is 20.1 Å². The van der Waals surface area contributed by atoms with Gasteiger partial charge in [0.1, 0.15) is 0 Å². The third-order valence-electron chi connectivity index (χ3n) is 2.19. The van der Waals surface area contributed by atoms with Gasteiger partial charge in [-0.25, -0.2) is 0 Å². The van der Waals surface area contributed by atoms with Crippen LogP contribution in [-0.4, -0.2) is 6.29 Å². The SMILES string of the molecule is O=Cc1occc1-c1c(Cl)cc(Cl)c(Cl)c1Cl. The van der Waals surface area contributed by atoms with Gasteiger partial charge in [-0.15, -0.1) is 0 Å². The number of benzene rings is 1. The van der Waals surface area contributed by atoms with Gasteiger partial charge in [0.15, 0.2) is 12.0 Å². The van der Waals surface area contributed by atoms with Crippen molar-refractivity contribution in [1.29, 1.82) is 0 Å². The molecule has 1 aromatic carbocycles. The first-order valence-corrected chi connectivity index (χ1v) is 5.93. The summed E-state index contributed by atoms with van der Waals surface area (Å²) in [5.41, 5.74) is 0.909. The summed E-state index contributed by atoms with van der Waals surface area (Å²) in [7, 11) is 0. The van der Waals surface area contributed by atoms with E-state index in [1.807, 2.05) is 0 Å². The highest BCUT2D eigenvalue weighted by atomic mass is 35.5. The lowest BCUT2D eigenvalue weighted by Crippen LogP contribution is -1.86. The van der Waals surface area contributed by atoms with Crippen LogP contribution in [0.1, 0.15) is 10.6 Å². The molecule has 0 N–H and O–H groups in total. The molecule has 2 rings (SSSR count). The minimum atomic E-state index is 0.132. The van der Waals surface area contributed by atoms with Crippen LogP contribution in [0.5, 0.6) is 0 Å². The molecule has 0 atom stereocenters. The van der Waals surface area contributed by atoms with Crippen LogP contribution in [0.4, 0.5) is 0 Å². The molecule has 0 radical (unpaired) electrons. The Bertz CT molecular complexity index is 589. The summed E-state index contributed by atoms with van der Waals surface area (Å²) in [5.74, 6) is 0.132. The van der Waals surface area contributed by atoms with Gasteiger partial charge in [0.2, 0.25) is 0 Å². The van der Waals surface area contributed by atoms with Gasteiger partial charge >= 0.3 is 0 Å². The number of hydrogen-bond donors (Lipinski definition) is 0. The number of aldehydes is 1. The molecular formula is C11H4Cl4O2. The molecule has 1 aromatic heterocycles. The van der Waals surface area contributed by atoms with E-state index in [4.69, 9.17) is 50.8 Å². The Morgan fingerprint density at radius 3 is 2.41 bits per heavy atom. The van der Waals surface area contributed by atoms with E-state index in [1.54, 1.807) is 6.07 Å². The standard InChI is InChI=1S/C11H4Cl4O2/c12-6-3-7(13)10(14)11(15)9(6)5-1-2-17-8(5)4-16/h1-4H. The summed E-state index contributed by atoms with van der Waals surface area (Å²) in [5, 5.41) is 0.926. The highest BCUT2D eigenvalue weighted by Crippen LogP contribution is 2.43. The highest BCUT2D eigenvalue weighted by Gasteiger charge is 2.19. The van der Waals surface area contributed by atoms with Crippen molar-refractivity contribution in [2.75, 3.05) is 0 Å². The van der Waals surface area contributed by atoms with Crippen LogP contribution in [-0.2, 0) is 0 Å². The van der Waals surface area contributed by atoms with E-state index in [2.05, 4.69) is 0 Å². The summed E-state index contributed by atoms with van der Waals surface area (Å²) < 4.78 is 4.99. The number of hydrogen-bond acceptors (Lipinski definition) is 2. The molecule has 0 saturated carbocycles. The normalized spacial score (nSPS) is 10.6. The fraction of sp³-hybridized carbons (Fsp3) is 0. The largest absolute Gasteiger partial charge is 0.461 e. The molecule has 0 bridgehead atoms. The van der Waals surface area contributed by atoms with E-state index in [9.17, 15) is 4.79 Å². The minimum Gasteiger partial charge on any atom is -0.461 e. The average molecular weight is 310 g/mol. The van der Waals surface area contributed by atoms with Crippen LogP contribution in [0, 0.1) is 0 Å². The lowest BCUT2D eigenvalue weighted by molar-refractivity contribution is 0.110. The van der Waals surface area contributed by atoms with Crippen LogP contribution < -0.4 is 0 Å². The van der Waals surface area contributed by atoms with Crippen molar-refractivity contribution in [1.82, 2.24) is 0 Å². The molecule has 2 aromatic rings. The predicted molar refractivity (Wildman–Crippen MR) is 69.6 cm³/mol. The minimum absolute atomic E-state index is 0.132. The van der Waals surface area contributed by atoms with Gasteiger partial charge in [0.25, 0.3) is 0 Å². The zero-order valence-corrected chi connectivity index (χ0v) is 11.2. The Kier molecular flexibility index (Phi) is 3.69. The van der Waals surface area contributed by atoms with Crippen molar-refractivity contribution in [2.24, 2.45) is 0 Å². The van der Waals surface area contributed by atoms with Gasteiger partial charge in [0, 0.05) is 11.1 Å². The lowest BCUT2D eigenvalue weighted by atomic mass is 10.1. The van der Waals surface area contributed by atoms with Gasteiger partial charge in [-0.3, -0.25) is 4.79 Å². The van der Waals surface area contributed by atoms with Crippen molar-refractivity contribution >= 4 is 52.7 Å². The highest BCUT2D eigenvalue weighted by molar-refractivity contribution is 6.51. The summed E-state index contributed by atoms with van der Waals surface area (Å²) in [6, 6.07) is 3.05. The number of carbonyl (C=O) groups excluding carboxylic acids is 1. The Balaban J connectivity index is 2.76. The molecule has 0 saturated heterocycles. The maximum atomic E-state index is 10.8. The number of furan rings is 1. The maximum Gasteiger partial charge on any atom is 0.185 e. The molecule has 88 valence electrons. The van der Waals surface area contributed by atoms with E-state index >= 15 is 0 Å². The van der Waals surface area contributed by atoms with E-state index < -0.39 is 0 Å². The smallest absolute Gasteiger partial charge is 0.185 e. The first-order chi connectivity index (χ1) is 8.06. The lowest BCUT2D eigenvalue weighted by Gasteiger charge is -2.08. The second kappa shape index (κ2) is 4.91. The Hall–Kier alpha value is -0.670. The van der Waals surface area contributed by atoms with Crippen LogP contribution >= 0.6 is 46.4 Å². The van der Waals surface area contributed by atoms with Gasteiger partial charge in [-0.1, -0.05) is 46.4 Å². The molecule has 0 aliphatic carbocycles. The van der Waals surface area contributed by atoms with E-state index in [1.165, 1.54) is 12.3 Å². The van der Waals surface area contributed by atoms with Crippen molar-refractivity contribution in [3.8, 4) is 11.1 Å². The number of halogens is 4. The molecular weight excluding hydrogens is 306 g/mol. The van der Waals surface area contributed by atoms with Crippen LogP contribution in [0.3, 0.4) is 0 Å². The zero-order valence-electron chi connectivity index (χ0n) is 8.14. The summed E-state index contributed by atoms with van der Waals surface area (Å²) in [6.07, 6.45) is 1.94. The molecule has 6 heteroatoms. The Morgan fingerprint density at radius 2 is 1.76 bits per heavy atom. The quantitative estimate of drug-likeness (QED) is 0.424. The van der Waals surface area contributed by atoms with Crippen molar-refractivity contribution < 1.29 is 9.21 Å². The molecule has 1 heterocycles. The third-order valence-corrected chi connectivity index (χ3v) is 3.75. The van der Waals surface area contributed by atoms with E-state index in [-0.39, 0.29) is 20.8 Å². The Morgan fingerprint density at radius 1 is 1.06 bits per heavy atom. The van der Waals surface area contributed by atoms with Crippen LogP contribution in [0.25, 0.3) is 11.1 Å². The first kappa shape index (κ1) is 12.8. The van der Waals surface area contributed by atoms with Gasteiger partial charge in [-0.2, -0.15) is 0 Å². The topological polar surface area (TPSA) is 30.2 Å². The fourth-order valence-corrected chi connectivity index (χ4v) is 2.55. The summed E-state index contributed by atoms with van der Waals surface area (Å²) in [6.45, 7) is 0. The fourth-order valence-electron chi connectivity index (χ4n) is 1.43. The molecule has 2 nitrogen and oxygen atoms in total. The molecule has 17 heavy (non-hydrogen) atoms. The van der Waals surface area contributed by atoms with Crippen molar-refractivity contribution in [3.63, 3.8) is 0 Å². The third kappa shape index (κ3) is 2.18. The second-order valence-corrected chi connectivity index (χ2v) is 4.73. The Labute approximate surface area is 117 Å². The second-order valence-electron chi connectivity index (χ2n) is 3.16. The summed E-state index contributed by atoms with van der Waals surface area (Å²) in [4.78, 5) is 10.8. The van der Waals surface area contributed by atoms with Gasteiger partial charge in [0.05, 0.1) is 26.4 Å². The predicted octanol–water partition coefficient (Wildman–Crippen LogP) is 5.37. The monoisotopic (exact) mass is 308 g/mol. The van der Waals surface area contributed by atoms with Gasteiger partial charge < -0.3 is 4.42 Å². The summed E-state index contributed by atoms with van der Waals surface area (Å²) >= 11 is 23.9. The molecule has 0 spiro atoms. The zero-order chi connectivity index (χ0) is 12.6. The average Bonchev–Trinajstić information content (AvgIpc) is 2.74. The number of carbonyl (C=O) groups is 1. The van der Waals surface area contributed by atoms with Gasteiger partial charge in [-0.05, 0) is 12.1 Å². The van der Waals surface area contributed by atoms with Crippen molar-refractivity contribution in [2.45, 2.75) is 0 Å². The molecule has 0 fully saturated rings. The molecule has 0 unspecified atom stereocenters. The number of rotatable bonds is 2. The van der Waals surface area contributed by atoms with E-state index in [0.717, 1.165) is 0 Å². The maximum absolute atomic E-state index is 10.8. The van der Waals surface area contributed by atoms with Crippen LogP contribution in [0.15, 0.2) is 22.8 Å².